The number of amides is 1. The third kappa shape index (κ3) is 4.41. The molecule has 0 radical (unpaired) electrons. The molecule has 9 heteroatoms. The monoisotopic (exact) mass is 448 g/mol. The number of methoxy groups -OCH3 is 1. The summed E-state index contributed by atoms with van der Waals surface area (Å²) in [6.07, 6.45) is 1.91. The van der Waals surface area contributed by atoms with E-state index < -0.39 is 39.3 Å². The van der Waals surface area contributed by atoms with Crippen molar-refractivity contribution in [2.75, 3.05) is 18.6 Å². The van der Waals surface area contributed by atoms with Crippen LogP contribution in [0.25, 0.3) is 10.9 Å². The lowest BCUT2D eigenvalue weighted by molar-refractivity contribution is -0.121. The van der Waals surface area contributed by atoms with Crippen LogP contribution in [0, 0.1) is 11.6 Å². The van der Waals surface area contributed by atoms with Gasteiger partial charge >= 0.3 is 0 Å². The fourth-order valence-electron chi connectivity index (χ4n) is 4.17. The van der Waals surface area contributed by atoms with Gasteiger partial charge in [0.2, 0.25) is 5.91 Å². The van der Waals surface area contributed by atoms with Crippen LogP contribution in [0.1, 0.15) is 29.9 Å². The second-order valence-electron chi connectivity index (χ2n) is 7.72. The highest BCUT2D eigenvalue weighted by Gasteiger charge is 2.31. The van der Waals surface area contributed by atoms with E-state index in [9.17, 15) is 22.0 Å². The van der Waals surface area contributed by atoms with Gasteiger partial charge in [-0.3, -0.25) is 4.79 Å². The first kappa shape index (κ1) is 21.3. The minimum Gasteiger partial charge on any atom is -0.496 e. The summed E-state index contributed by atoms with van der Waals surface area (Å²) in [6, 6.07) is 8.21. The SMILES string of the molecule is COc1cccc2[nH]cc([C@@H](CC(=O)N[C@@H]3CCS(=O)(=O)C3)c3ccc(F)cc3F)c12. The number of benzene rings is 2. The van der Waals surface area contributed by atoms with E-state index in [2.05, 4.69) is 10.3 Å². The molecule has 1 aliphatic heterocycles. The van der Waals surface area contributed by atoms with Crippen molar-refractivity contribution in [2.45, 2.75) is 24.8 Å². The first-order chi connectivity index (χ1) is 14.8. The zero-order valence-electron chi connectivity index (χ0n) is 16.8. The lowest BCUT2D eigenvalue weighted by atomic mass is 9.87. The van der Waals surface area contributed by atoms with Crippen molar-refractivity contribution in [1.29, 1.82) is 0 Å². The lowest BCUT2D eigenvalue weighted by Gasteiger charge is -2.20. The Balaban J connectivity index is 1.72. The first-order valence-electron chi connectivity index (χ1n) is 9.86. The Labute approximate surface area is 178 Å². The molecule has 0 unspecified atom stereocenters. The van der Waals surface area contributed by atoms with E-state index in [-0.39, 0.29) is 23.5 Å². The number of fused-ring (bicyclic) bond motifs is 1. The van der Waals surface area contributed by atoms with Gasteiger partial charge in [-0.1, -0.05) is 12.1 Å². The normalized spacial score (nSPS) is 18.7. The molecule has 6 nitrogen and oxygen atoms in total. The van der Waals surface area contributed by atoms with Crippen molar-refractivity contribution < 1.29 is 26.7 Å². The number of rotatable bonds is 6. The van der Waals surface area contributed by atoms with Gasteiger partial charge in [0.1, 0.15) is 17.4 Å². The molecule has 2 atom stereocenters. The summed E-state index contributed by atoms with van der Waals surface area (Å²) in [6.45, 7) is 0. The van der Waals surface area contributed by atoms with E-state index in [1.807, 2.05) is 12.1 Å². The number of hydrogen-bond acceptors (Lipinski definition) is 4. The molecule has 31 heavy (non-hydrogen) atoms. The molecule has 1 saturated heterocycles. The van der Waals surface area contributed by atoms with E-state index in [1.54, 1.807) is 12.3 Å². The average Bonchev–Trinajstić information content (AvgIpc) is 3.29. The Bertz CT molecular complexity index is 1240. The van der Waals surface area contributed by atoms with Gasteiger partial charge in [-0.15, -0.1) is 0 Å². The number of hydrogen-bond donors (Lipinski definition) is 2. The predicted molar refractivity (Wildman–Crippen MR) is 113 cm³/mol. The van der Waals surface area contributed by atoms with Gasteiger partial charge in [0.05, 0.1) is 18.6 Å². The van der Waals surface area contributed by atoms with Crippen LogP contribution in [0.5, 0.6) is 5.75 Å². The van der Waals surface area contributed by atoms with Crippen LogP contribution in [0.15, 0.2) is 42.6 Å². The van der Waals surface area contributed by atoms with Crippen molar-refractivity contribution in [1.82, 2.24) is 10.3 Å². The number of ether oxygens (including phenoxy) is 1. The van der Waals surface area contributed by atoms with Gasteiger partial charge in [0, 0.05) is 41.5 Å². The summed E-state index contributed by atoms with van der Waals surface area (Å²) in [5.74, 6) is -2.11. The molecule has 164 valence electrons. The van der Waals surface area contributed by atoms with Crippen LogP contribution in [-0.2, 0) is 14.6 Å². The minimum absolute atomic E-state index is 0.0353. The number of nitrogens with one attached hydrogen (secondary N) is 2. The Morgan fingerprint density at radius 3 is 2.74 bits per heavy atom. The summed E-state index contributed by atoms with van der Waals surface area (Å²) in [5, 5.41) is 3.45. The Hall–Kier alpha value is -2.94. The molecule has 2 N–H and O–H groups in total. The number of carbonyl (C=O) groups excluding carboxylic acids is 1. The summed E-state index contributed by atoms with van der Waals surface area (Å²) < 4.78 is 57.1. The zero-order valence-corrected chi connectivity index (χ0v) is 17.6. The van der Waals surface area contributed by atoms with E-state index in [0.29, 0.717) is 23.1 Å². The second-order valence-corrected chi connectivity index (χ2v) is 9.95. The van der Waals surface area contributed by atoms with Gasteiger partial charge in [0.25, 0.3) is 0 Å². The van der Waals surface area contributed by atoms with E-state index in [0.717, 1.165) is 17.6 Å². The van der Waals surface area contributed by atoms with Gasteiger partial charge < -0.3 is 15.0 Å². The second kappa shape index (κ2) is 8.30. The van der Waals surface area contributed by atoms with Crippen molar-refractivity contribution in [3.8, 4) is 5.75 Å². The van der Waals surface area contributed by atoms with Crippen molar-refractivity contribution >= 4 is 26.6 Å². The van der Waals surface area contributed by atoms with E-state index in [1.165, 1.54) is 13.2 Å². The fourth-order valence-corrected chi connectivity index (χ4v) is 5.85. The summed E-state index contributed by atoms with van der Waals surface area (Å²) >= 11 is 0. The van der Waals surface area contributed by atoms with Gasteiger partial charge in [-0.05, 0) is 35.7 Å². The van der Waals surface area contributed by atoms with Crippen LogP contribution >= 0.6 is 0 Å². The standard InChI is InChI=1S/C22H22F2N2O4S/c1-30-20-4-2-3-19-22(20)17(11-25-19)16(15-6-5-13(23)9-18(15)24)10-21(27)26-14-7-8-31(28,29)12-14/h2-6,9,11,14,16,25H,7-8,10,12H2,1H3,(H,26,27)/t14-,16+/m1/s1. The molecule has 2 heterocycles. The smallest absolute Gasteiger partial charge is 0.221 e. The Kier molecular flexibility index (Phi) is 5.70. The Morgan fingerprint density at radius 2 is 2.06 bits per heavy atom. The van der Waals surface area contributed by atoms with Gasteiger partial charge in [-0.25, -0.2) is 17.2 Å². The number of carbonyl (C=O) groups is 1. The fraction of sp³-hybridized carbons (Fsp3) is 0.318. The number of aromatic nitrogens is 1. The molecule has 1 aromatic heterocycles. The molecule has 1 fully saturated rings. The number of aromatic amines is 1. The third-order valence-electron chi connectivity index (χ3n) is 5.62. The summed E-state index contributed by atoms with van der Waals surface area (Å²) in [5.41, 5.74) is 1.55. The van der Waals surface area contributed by atoms with Crippen LogP contribution in [-0.4, -0.2) is 44.0 Å². The molecular formula is C22H22F2N2O4S. The number of halogens is 2. The largest absolute Gasteiger partial charge is 0.496 e. The van der Waals surface area contributed by atoms with Gasteiger partial charge in [0.15, 0.2) is 9.84 Å². The molecule has 2 aromatic carbocycles. The van der Waals surface area contributed by atoms with Crippen molar-refractivity contribution in [3.63, 3.8) is 0 Å². The maximum absolute atomic E-state index is 14.7. The topological polar surface area (TPSA) is 88.3 Å². The highest BCUT2D eigenvalue weighted by Crippen LogP contribution is 2.38. The maximum Gasteiger partial charge on any atom is 0.221 e. The van der Waals surface area contributed by atoms with Crippen molar-refractivity contribution in [2.24, 2.45) is 0 Å². The maximum atomic E-state index is 14.7. The average molecular weight is 448 g/mol. The molecule has 0 aliphatic carbocycles. The third-order valence-corrected chi connectivity index (χ3v) is 7.39. The molecule has 3 aromatic rings. The van der Waals surface area contributed by atoms with Crippen LogP contribution in [0.4, 0.5) is 8.78 Å². The lowest BCUT2D eigenvalue weighted by Crippen LogP contribution is -2.36. The van der Waals surface area contributed by atoms with Crippen LogP contribution in [0.3, 0.4) is 0 Å². The molecule has 0 bridgehead atoms. The zero-order chi connectivity index (χ0) is 22.2. The minimum atomic E-state index is -3.15. The molecule has 1 amide bonds. The highest BCUT2D eigenvalue weighted by atomic mass is 32.2. The summed E-state index contributed by atoms with van der Waals surface area (Å²) in [4.78, 5) is 15.9. The van der Waals surface area contributed by atoms with Crippen molar-refractivity contribution in [3.05, 3.63) is 65.4 Å². The van der Waals surface area contributed by atoms with Crippen LogP contribution in [0.2, 0.25) is 0 Å². The molecular weight excluding hydrogens is 426 g/mol. The predicted octanol–water partition coefficient (Wildman–Crippen LogP) is 3.28. The molecule has 4 rings (SSSR count). The summed E-state index contributed by atoms with van der Waals surface area (Å²) in [7, 11) is -1.63. The Morgan fingerprint density at radius 1 is 1.26 bits per heavy atom. The molecule has 0 saturated carbocycles. The quantitative estimate of drug-likeness (QED) is 0.606. The van der Waals surface area contributed by atoms with E-state index >= 15 is 0 Å². The number of sulfone groups is 1. The highest BCUT2D eigenvalue weighted by molar-refractivity contribution is 7.91. The molecule has 0 spiro atoms. The van der Waals surface area contributed by atoms with Crippen LogP contribution < -0.4 is 10.1 Å². The first-order valence-corrected chi connectivity index (χ1v) is 11.7. The molecule has 1 aliphatic rings. The number of H-pyrrole nitrogens is 1. The van der Waals surface area contributed by atoms with E-state index in [4.69, 9.17) is 4.74 Å². The van der Waals surface area contributed by atoms with Gasteiger partial charge in [-0.2, -0.15) is 0 Å².